The number of thiazole rings is 1. The smallest absolute Gasteiger partial charge is 0.352 e. The lowest BCUT2D eigenvalue weighted by molar-refractivity contribution is -0.161. The first kappa shape index (κ1) is 16.6. The predicted molar refractivity (Wildman–Crippen MR) is 94.6 cm³/mol. The fourth-order valence-electron chi connectivity index (χ4n) is 3.75. The number of carboxylic acids is 1. The van der Waals surface area contributed by atoms with Crippen molar-refractivity contribution in [1.29, 1.82) is 0 Å². The van der Waals surface area contributed by atoms with Gasteiger partial charge >= 0.3 is 5.97 Å². The number of amides is 1. The molecule has 9 heteroatoms. The Bertz CT molecular complexity index is 943. The molecule has 0 spiro atoms. The molecule has 0 aromatic carbocycles. The van der Waals surface area contributed by atoms with Crippen molar-refractivity contribution in [3.63, 3.8) is 0 Å². The number of carbonyl (C=O) groups excluding carboxylic acids is 1. The number of hydrogen-bond acceptors (Lipinski definition) is 6. The van der Waals surface area contributed by atoms with Crippen molar-refractivity contribution >= 4 is 45.4 Å². The van der Waals surface area contributed by atoms with Crippen LogP contribution in [0.15, 0.2) is 16.9 Å². The van der Waals surface area contributed by atoms with Crippen molar-refractivity contribution in [2.45, 2.75) is 37.4 Å². The van der Waals surface area contributed by atoms with Crippen LogP contribution in [0.3, 0.4) is 0 Å². The van der Waals surface area contributed by atoms with Gasteiger partial charge < -0.3 is 15.1 Å². The van der Waals surface area contributed by atoms with Gasteiger partial charge in [-0.25, -0.2) is 9.78 Å². The maximum atomic E-state index is 12.3. The molecule has 2 aromatic rings. The molecule has 1 amide bonds. The minimum absolute atomic E-state index is 0.0488. The van der Waals surface area contributed by atoms with Gasteiger partial charge in [-0.2, -0.15) is 0 Å². The lowest BCUT2D eigenvalue weighted by atomic mass is 9.83. The lowest BCUT2D eigenvalue weighted by Gasteiger charge is -2.44. The number of hydrogen-bond donors (Lipinski definition) is 2. The second kappa shape index (κ2) is 5.58. The number of aryl methyl sites for hydroxylation is 1. The minimum atomic E-state index is -1.10. The second-order valence-corrected chi connectivity index (χ2v) is 8.14. The highest BCUT2D eigenvalue weighted by Crippen LogP contribution is 2.48. The molecule has 1 fully saturated rings. The van der Waals surface area contributed by atoms with Crippen molar-refractivity contribution in [3.05, 3.63) is 22.6 Å². The molecular formula is C16H17N3O4S2. The van der Waals surface area contributed by atoms with E-state index in [1.54, 1.807) is 18.7 Å². The molecule has 0 saturated carbocycles. The summed E-state index contributed by atoms with van der Waals surface area (Å²) >= 11 is 3.04. The van der Waals surface area contributed by atoms with E-state index in [2.05, 4.69) is 4.98 Å². The summed E-state index contributed by atoms with van der Waals surface area (Å²) in [5, 5.41) is 20.4. The summed E-state index contributed by atoms with van der Waals surface area (Å²) in [6.07, 6.45) is 3.52. The topological polar surface area (TPSA) is 95.1 Å². The molecule has 25 heavy (non-hydrogen) atoms. The number of aliphatic hydroxyl groups is 1. The Hall–Kier alpha value is -1.84. The number of nitrogens with zero attached hydrogens (tertiary/aromatic N) is 3. The monoisotopic (exact) mass is 379 g/mol. The molecule has 2 N–H and O–H groups in total. The number of rotatable bonds is 4. The van der Waals surface area contributed by atoms with Crippen molar-refractivity contribution in [1.82, 2.24) is 14.3 Å². The molecule has 0 bridgehead atoms. The molecule has 0 radical (unpaired) electrons. The quantitative estimate of drug-likeness (QED) is 0.622. The molecule has 3 atom stereocenters. The third-order valence-corrected chi connectivity index (χ3v) is 6.84. The third-order valence-electron chi connectivity index (χ3n) is 4.89. The summed E-state index contributed by atoms with van der Waals surface area (Å²) in [4.78, 5) is 31.7. The van der Waals surface area contributed by atoms with Gasteiger partial charge in [0.05, 0.1) is 22.9 Å². The number of β-lactam (4-membered cyclic amide) rings is 1. The fraction of sp³-hybridized carbons (Fsp3) is 0.438. The first-order valence-electron chi connectivity index (χ1n) is 7.85. The molecule has 132 valence electrons. The zero-order valence-corrected chi connectivity index (χ0v) is 15.5. The Labute approximate surface area is 152 Å². The molecule has 4 rings (SSSR count). The summed E-state index contributed by atoms with van der Waals surface area (Å²) in [6.45, 7) is 3.48. The first-order valence-corrected chi connectivity index (χ1v) is 9.89. The van der Waals surface area contributed by atoms with Crippen LogP contribution >= 0.6 is 23.1 Å². The summed E-state index contributed by atoms with van der Waals surface area (Å²) in [7, 11) is 0. The number of carbonyl (C=O) groups is 2. The van der Waals surface area contributed by atoms with Crippen LogP contribution in [0.4, 0.5) is 0 Å². The van der Waals surface area contributed by atoms with Gasteiger partial charge in [0.2, 0.25) is 5.91 Å². The van der Waals surface area contributed by atoms with Crippen molar-refractivity contribution in [3.8, 4) is 0 Å². The van der Waals surface area contributed by atoms with E-state index >= 15 is 0 Å². The first-order chi connectivity index (χ1) is 11.8. The SMILES string of the molecule is CSc1nc(C)n2cc(C3=C(C(=O)O)N4C(=O)[C@H]([C@@H](C)O)[C@H]4C3)sc12. The number of aliphatic carboxylic acids is 1. The lowest BCUT2D eigenvalue weighted by Crippen LogP contribution is -2.61. The van der Waals surface area contributed by atoms with Crippen molar-refractivity contribution in [2.75, 3.05) is 6.26 Å². The molecule has 0 unspecified atom stereocenters. The van der Waals surface area contributed by atoms with Gasteiger partial charge in [-0.1, -0.05) is 0 Å². The van der Waals surface area contributed by atoms with E-state index in [0.717, 1.165) is 20.6 Å². The molecule has 4 heterocycles. The maximum Gasteiger partial charge on any atom is 0.352 e. The Morgan fingerprint density at radius 1 is 1.52 bits per heavy atom. The van der Waals surface area contributed by atoms with Gasteiger partial charge in [0.1, 0.15) is 21.4 Å². The van der Waals surface area contributed by atoms with E-state index in [4.69, 9.17) is 0 Å². The Morgan fingerprint density at radius 3 is 2.84 bits per heavy atom. The average molecular weight is 379 g/mol. The molecule has 7 nitrogen and oxygen atoms in total. The highest BCUT2D eigenvalue weighted by atomic mass is 32.2. The van der Waals surface area contributed by atoms with Gasteiger partial charge in [0.25, 0.3) is 0 Å². The van der Waals surface area contributed by atoms with E-state index in [1.165, 1.54) is 16.2 Å². The van der Waals surface area contributed by atoms with Gasteiger partial charge in [-0.3, -0.25) is 9.20 Å². The van der Waals surface area contributed by atoms with E-state index < -0.39 is 18.0 Å². The number of carboxylic acid groups (broad SMARTS) is 1. The standard InChI is InChI=1S/C16H17N3O4S2/c1-6(20)11-9-4-8(12(16(22)23)19(9)14(11)21)10-5-18-7(2)17-13(24-3)15(18)25-10/h5-6,9,11,20H,4H2,1-3H3,(H,22,23)/t6-,9-,11-/m1/s1. The number of imidazole rings is 1. The van der Waals surface area contributed by atoms with Crippen LogP contribution in [0.5, 0.6) is 0 Å². The maximum absolute atomic E-state index is 12.3. The molecule has 1 saturated heterocycles. The molecule has 2 aliphatic rings. The number of aromatic nitrogens is 2. The Kier molecular flexibility index (Phi) is 3.71. The number of fused-ring (bicyclic) bond motifs is 2. The van der Waals surface area contributed by atoms with Crippen LogP contribution < -0.4 is 0 Å². The predicted octanol–water partition coefficient (Wildman–Crippen LogP) is 1.83. The third kappa shape index (κ3) is 2.19. The minimum Gasteiger partial charge on any atom is -0.477 e. The Morgan fingerprint density at radius 2 is 2.24 bits per heavy atom. The zero-order valence-electron chi connectivity index (χ0n) is 13.9. The van der Waals surface area contributed by atoms with Crippen LogP contribution in [0.1, 0.15) is 24.0 Å². The van der Waals surface area contributed by atoms with E-state index in [9.17, 15) is 19.8 Å². The number of aliphatic hydroxyl groups excluding tert-OH is 1. The summed E-state index contributed by atoms with van der Waals surface area (Å²) in [6, 6.07) is -0.269. The van der Waals surface area contributed by atoms with Crippen LogP contribution in [-0.4, -0.2) is 54.8 Å². The number of thioether (sulfide) groups is 1. The van der Waals surface area contributed by atoms with Crippen molar-refractivity contribution in [2.24, 2.45) is 5.92 Å². The Balaban J connectivity index is 1.82. The largest absolute Gasteiger partial charge is 0.477 e. The highest BCUT2D eigenvalue weighted by molar-refractivity contribution is 7.98. The molecule has 0 aliphatic carbocycles. The average Bonchev–Trinajstić information content (AvgIpc) is 3.18. The second-order valence-electron chi connectivity index (χ2n) is 6.32. The van der Waals surface area contributed by atoms with Gasteiger partial charge in [0, 0.05) is 11.8 Å². The van der Waals surface area contributed by atoms with Crippen LogP contribution in [0.25, 0.3) is 10.4 Å². The van der Waals surface area contributed by atoms with Gasteiger partial charge in [-0.15, -0.1) is 23.1 Å². The van der Waals surface area contributed by atoms with E-state index in [0.29, 0.717) is 12.0 Å². The zero-order chi connectivity index (χ0) is 18.0. The van der Waals surface area contributed by atoms with E-state index in [1.807, 2.05) is 23.8 Å². The normalized spacial score (nSPS) is 24.0. The van der Waals surface area contributed by atoms with Crippen LogP contribution in [0, 0.1) is 12.8 Å². The van der Waals surface area contributed by atoms with Crippen LogP contribution in [-0.2, 0) is 9.59 Å². The van der Waals surface area contributed by atoms with Crippen molar-refractivity contribution < 1.29 is 19.8 Å². The van der Waals surface area contributed by atoms with Gasteiger partial charge in [-0.05, 0) is 26.5 Å². The van der Waals surface area contributed by atoms with E-state index in [-0.39, 0.29) is 17.6 Å². The summed E-state index contributed by atoms with van der Waals surface area (Å²) < 4.78 is 1.96. The van der Waals surface area contributed by atoms with Crippen LogP contribution in [0.2, 0.25) is 0 Å². The summed E-state index contributed by atoms with van der Waals surface area (Å²) in [5.74, 6) is -1.09. The highest BCUT2D eigenvalue weighted by Gasteiger charge is 2.57. The van der Waals surface area contributed by atoms with Gasteiger partial charge in [0.15, 0.2) is 0 Å². The molecular weight excluding hydrogens is 362 g/mol. The fourth-order valence-corrected chi connectivity index (χ4v) is 5.71. The molecule has 2 aliphatic heterocycles. The molecule has 2 aromatic heterocycles. The summed E-state index contributed by atoms with van der Waals surface area (Å²) in [5.41, 5.74) is 0.710.